The molecule has 2 atom stereocenters. The molecule has 1 aliphatic heterocycles. The van der Waals surface area contributed by atoms with E-state index in [0.29, 0.717) is 0 Å². The normalized spacial score (nSPS) is 24.0. The van der Waals surface area contributed by atoms with E-state index in [2.05, 4.69) is 12.1 Å². The van der Waals surface area contributed by atoms with E-state index < -0.39 is 5.79 Å². The Hall–Kier alpha value is -1.84. The van der Waals surface area contributed by atoms with Gasteiger partial charge in [0.15, 0.2) is 5.79 Å². The molecule has 1 aliphatic rings. The molecule has 0 N–H and O–H groups in total. The molecule has 0 aromatic heterocycles. The minimum Gasteiger partial charge on any atom is -0.496 e. The van der Waals surface area contributed by atoms with Crippen LogP contribution in [0.5, 0.6) is 5.75 Å². The Morgan fingerprint density at radius 3 is 2.19 bits per heavy atom. The number of methoxy groups -OCH3 is 1. The van der Waals surface area contributed by atoms with Gasteiger partial charge in [-0.3, -0.25) is 0 Å². The van der Waals surface area contributed by atoms with Crippen molar-refractivity contribution in [3.63, 3.8) is 0 Å². The van der Waals surface area contributed by atoms with Gasteiger partial charge in [0.1, 0.15) is 18.0 Å². The zero-order valence-electron chi connectivity index (χ0n) is 12.6. The fourth-order valence-electron chi connectivity index (χ4n) is 2.78. The van der Waals surface area contributed by atoms with Crippen molar-refractivity contribution in [3.05, 3.63) is 65.7 Å². The third-order valence-electron chi connectivity index (χ3n) is 3.67. The van der Waals surface area contributed by atoms with Crippen LogP contribution in [-0.4, -0.2) is 12.9 Å². The fourth-order valence-corrected chi connectivity index (χ4v) is 2.78. The molecule has 1 saturated heterocycles. The lowest BCUT2D eigenvalue weighted by Crippen LogP contribution is -2.20. The van der Waals surface area contributed by atoms with Crippen molar-refractivity contribution >= 4 is 0 Å². The average Bonchev–Trinajstić information content (AvgIpc) is 2.84. The molecular formula is C18H20O3. The zero-order chi connectivity index (χ0) is 14.9. The average molecular weight is 284 g/mol. The predicted molar refractivity (Wildman–Crippen MR) is 81.2 cm³/mol. The molecule has 21 heavy (non-hydrogen) atoms. The van der Waals surface area contributed by atoms with Gasteiger partial charge in [0.05, 0.1) is 7.11 Å². The molecule has 0 aliphatic carbocycles. The Morgan fingerprint density at radius 2 is 1.48 bits per heavy atom. The van der Waals surface area contributed by atoms with E-state index >= 15 is 0 Å². The Balaban J connectivity index is 2.02. The van der Waals surface area contributed by atoms with Crippen LogP contribution in [0.2, 0.25) is 0 Å². The first kappa shape index (κ1) is 14.1. The third-order valence-corrected chi connectivity index (χ3v) is 3.67. The Bertz CT molecular complexity index is 607. The molecule has 1 fully saturated rings. The van der Waals surface area contributed by atoms with Crippen LogP contribution >= 0.6 is 0 Å². The van der Waals surface area contributed by atoms with Crippen LogP contribution in [0.1, 0.15) is 37.2 Å². The lowest BCUT2D eigenvalue weighted by atomic mass is 9.98. The summed E-state index contributed by atoms with van der Waals surface area (Å²) in [6.07, 6.45) is -0.323. The summed E-state index contributed by atoms with van der Waals surface area (Å²) in [6, 6.07) is 18.1. The Morgan fingerprint density at radius 1 is 0.857 bits per heavy atom. The Kier molecular flexibility index (Phi) is 3.70. The van der Waals surface area contributed by atoms with Crippen LogP contribution in [0.3, 0.4) is 0 Å². The maximum absolute atomic E-state index is 6.14. The van der Waals surface area contributed by atoms with E-state index in [0.717, 1.165) is 16.9 Å². The number of benzene rings is 2. The maximum atomic E-state index is 6.14. The summed E-state index contributed by atoms with van der Waals surface area (Å²) in [7, 11) is 1.68. The monoisotopic (exact) mass is 284 g/mol. The molecule has 3 nitrogen and oxygen atoms in total. The highest BCUT2D eigenvalue weighted by molar-refractivity contribution is 5.37. The summed E-state index contributed by atoms with van der Waals surface area (Å²) in [5.41, 5.74) is 2.12. The van der Waals surface area contributed by atoms with Gasteiger partial charge in [-0.1, -0.05) is 48.5 Å². The van der Waals surface area contributed by atoms with Crippen molar-refractivity contribution in [1.82, 2.24) is 0 Å². The molecule has 3 heteroatoms. The molecule has 0 amide bonds. The van der Waals surface area contributed by atoms with E-state index in [4.69, 9.17) is 14.2 Å². The van der Waals surface area contributed by atoms with Crippen molar-refractivity contribution in [1.29, 1.82) is 0 Å². The van der Waals surface area contributed by atoms with Crippen molar-refractivity contribution in [2.45, 2.75) is 31.8 Å². The van der Waals surface area contributed by atoms with Crippen molar-refractivity contribution in [2.24, 2.45) is 0 Å². The summed E-state index contributed by atoms with van der Waals surface area (Å²) in [5.74, 6) is 0.205. The maximum Gasteiger partial charge on any atom is 0.164 e. The number of para-hydroxylation sites is 1. The fraction of sp³-hybridized carbons (Fsp3) is 0.333. The van der Waals surface area contributed by atoms with E-state index in [-0.39, 0.29) is 12.2 Å². The summed E-state index contributed by atoms with van der Waals surface area (Å²) < 4.78 is 17.7. The standard InChI is InChI=1S/C18H20O3/c1-18(2)20-16(13-9-5-4-6-10-13)17(21-18)14-11-7-8-12-15(14)19-3/h4-12,16-17H,1-3H3/t16-,17-/m0/s1. The molecular weight excluding hydrogens is 264 g/mol. The van der Waals surface area contributed by atoms with Gasteiger partial charge in [-0.2, -0.15) is 0 Å². The second-order valence-electron chi connectivity index (χ2n) is 5.63. The van der Waals surface area contributed by atoms with Crippen LogP contribution in [0.15, 0.2) is 54.6 Å². The van der Waals surface area contributed by atoms with Crippen LogP contribution < -0.4 is 4.74 Å². The second kappa shape index (κ2) is 5.51. The Labute approximate surface area is 125 Å². The molecule has 0 bridgehead atoms. The number of hydrogen-bond acceptors (Lipinski definition) is 3. The molecule has 2 aromatic carbocycles. The van der Waals surface area contributed by atoms with Crippen LogP contribution in [0, 0.1) is 0 Å². The van der Waals surface area contributed by atoms with Gasteiger partial charge in [0.25, 0.3) is 0 Å². The van der Waals surface area contributed by atoms with Gasteiger partial charge in [0.2, 0.25) is 0 Å². The molecule has 0 radical (unpaired) electrons. The number of hydrogen-bond donors (Lipinski definition) is 0. The van der Waals surface area contributed by atoms with Crippen molar-refractivity contribution in [2.75, 3.05) is 7.11 Å². The summed E-state index contributed by atoms with van der Waals surface area (Å²) in [5, 5.41) is 0. The predicted octanol–water partition coefficient (Wildman–Crippen LogP) is 4.26. The zero-order valence-corrected chi connectivity index (χ0v) is 12.6. The van der Waals surface area contributed by atoms with Gasteiger partial charge < -0.3 is 14.2 Å². The van der Waals surface area contributed by atoms with Crippen LogP contribution in [0.4, 0.5) is 0 Å². The van der Waals surface area contributed by atoms with Crippen LogP contribution in [0.25, 0.3) is 0 Å². The molecule has 3 rings (SSSR count). The molecule has 2 aromatic rings. The van der Waals surface area contributed by atoms with Gasteiger partial charge in [-0.05, 0) is 25.5 Å². The van der Waals surface area contributed by atoms with Gasteiger partial charge in [0, 0.05) is 5.56 Å². The van der Waals surface area contributed by atoms with Crippen molar-refractivity contribution in [3.8, 4) is 5.75 Å². The highest BCUT2D eigenvalue weighted by Gasteiger charge is 2.43. The molecule has 0 spiro atoms. The third kappa shape index (κ3) is 2.80. The van der Waals surface area contributed by atoms with Gasteiger partial charge in [-0.15, -0.1) is 0 Å². The smallest absolute Gasteiger partial charge is 0.164 e. The van der Waals surface area contributed by atoms with Crippen molar-refractivity contribution < 1.29 is 14.2 Å². The summed E-state index contributed by atoms with van der Waals surface area (Å²) >= 11 is 0. The SMILES string of the molecule is COc1ccccc1[C@@H]1OC(C)(C)O[C@H]1c1ccccc1. The first-order valence-corrected chi connectivity index (χ1v) is 7.14. The van der Waals surface area contributed by atoms with E-state index in [1.165, 1.54) is 0 Å². The highest BCUT2D eigenvalue weighted by Crippen LogP contribution is 2.48. The van der Waals surface area contributed by atoms with Gasteiger partial charge in [-0.25, -0.2) is 0 Å². The molecule has 0 unspecified atom stereocenters. The largest absolute Gasteiger partial charge is 0.496 e. The molecule has 110 valence electrons. The summed E-state index contributed by atoms with van der Waals surface area (Å²) in [4.78, 5) is 0. The first-order valence-electron chi connectivity index (χ1n) is 7.14. The van der Waals surface area contributed by atoms with E-state index in [1.807, 2.05) is 56.3 Å². The second-order valence-corrected chi connectivity index (χ2v) is 5.63. The van der Waals surface area contributed by atoms with E-state index in [1.54, 1.807) is 7.11 Å². The quantitative estimate of drug-likeness (QED) is 0.843. The number of ether oxygens (including phenoxy) is 3. The number of rotatable bonds is 3. The highest BCUT2D eigenvalue weighted by atomic mass is 16.8. The first-order chi connectivity index (χ1) is 10.1. The molecule has 1 heterocycles. The topological polar surface area (TPSA) is 27.7 Å². The molecule has 0 saturated carbocycles. The minimum absolute atomic E-state index is 0.141. The lowest BCUT2D eigenvalue weighted by Gasteiger charge is -2.19. The lowest BCUT2D eigenvalue weighted by molar-refractivity contribution is -0.147. The minimum atomic E-state index is -0.619. The van der Waals surface area contributed by atoms with Crippen LogP contribution in [-0.2, 0) is 9.47 Å². The summed E-state index contributed by atoms with van der Waals surface area (Å²) in [6.45, 7) is 3.89. The van der Waals surface area contributed by atoms with Gasteiger partial charge >= 0.3 is 0 Å². The van der Waals surface area contributed by atoms with E-state index in [9.17, 15) is 0 Å².